The molecule has 1 aliphatic rings. The van der Waals surface area contributed by atoms with Gasteiger partial charge in [-0.3, -0.25) is 4.79 Å². The maximum Gasteiger partial charge on any atom is 0.317 e. The molecular weight excluding hydrogens is 322 g/mol. The summed E-state index contributed by atoms with van der Waals surface area (Å²) < 4.78 is 5.72. The Balaban J connectivity index is 1.93. The van der Waals surface area contributed by atoms with Gasteiger partial charge in [0.15, 0.2) is 0 Å². The summed E-state index contributed by atoms with van der Waals surface area (Å²) in [5.41, 5.74) is 0.347. The molecular formula is C18H27N3O4. The topological polar surface area (TPSA) is 91.8 Å². The highest BCUT2D eigenvalue weighted by molar-refractivity contribution is 5.76. The number of pyridine rings is 1. The van der Waals surface area contributed by atoms with Crippen LogP contribution >= 0.6 is 0 Å². The summed E-state index contributed by atoms with van der Waals surface area (Å²) in [7, 11) is 0. The first-order chi connectivity index (χ1) is 11.6. The lowest BCUT2D eigenvalue weighted by atomic mass is 9.91. The summed E-state index contributed by atoms with van der Waals surface area (Å²) in [6, 6.07) is 5.16. The van der Waals surface area contributed by atoms with E-state index < -0.39 is 11.9 Å². The Hall–Kier alpha value is -2.31. The Kier molecular flexibility index (Phi) is 5.87. The number of nitrogens with one attached hydrogen (secondary N) is 1. The predicted octanol–water partition coefficient (Wildman–Crippen LogP) is 2.51. The van der Waals surface area contributed by atoms with Crippen LogP contribution in [0.25, 0.3) is 0 Å². The second-order valence-electron chi connectivity index (χ2n) is 7.62. The van der Waals surface area contributed by atoms with Crippen molar-refractivity contribution in [2.75, 3.05) is 13.1 Å². The van der Waals surface area contributed by atoms with E-state index in [1.807, 2.05) is 39.8 Å². The number of likely N-dealkylation sites (tertiary alicyclic amines) is 1. The number of carboxylic acids is 1. The number of carbonyl (C=O) groups excluding carboxylic acids is 1. The third-order valence-corrected chi connectivity index (χ3v) is 3.91. The minimum Gasteiger partial charge on any atom is -0.481 e. The number of aliphatic carboxylic acids is 1. The van der Waals surface area contributed by atoms with Crippen LogP contribution in [0.5, 0.6) is 5.88 Å². The minimum absolute atomic E-state index is 0.169. The molecule has 0 spiro atoms. The molecule has 0 radical (unpaired) electrons. The molecule has 0 aliphatic carbocycles. The fourth-order valence-electron chi connectivity index (χ4n) is 2.90. The van der Waals surface area contributed by atoms with Crippen LogP contribution in [-0.4, -0.2) is 45.7 Å². The van der Waals surface area contributed by atoms with E-state index in [1.165, 1.54) is 0 Å². The molecule has 0 aromatic carbocycles. The lowest BCUT2D eigenvalue weighted by Gasteiger charge is -2.34. The second kappa shape index (κ2) is 7.72. The Morgan fingerprint density at radius 2 is 2.08 bits per heavy atom. The van der Waals surface area contributed by atoms with Crippen LogP contribution in [0.1, 0.15) is 39.8 Å². The van der Waals surface area contributed by atoms with E-state index >= 15 is 0 Å². The lowest BCUT2D eigenvalue weighted by Crippen LogP contribution is -2.49. The zero-order valence-corrected chi connectivity index (χ0v) is 15.3. The molecule has 1 saturated heterocycles. The number of urea groups is 1. The quantitative estimate of drug-likeness (QED) is 0.871. The van der Waals surface area contributed by atoms with Gasteiger partial charge in [-0.25, -0.2) is 9.78 Å². The average Bonchev–Trinajstić information content (AvgIpc) is 2.50. The van der Waals surface area contributed by atoms with E-state index in [9.17, 15) is 14.7 Å². The fraction of sp³-hybridized carbons (Fsp3) is 0.611. The van der Waals surface area contributed by atoms with Crippen molar-refractivity contribution in [2.45, 2.75) is 46.3 Å². The first-order valence-corrected chi connectivity index (χ1v) is 8.54. The van der Waals surface area contributed by atoms with Crippen LogP contribution in [0.3, 0.4) is 0 Å². The highest BCUT2D eigenvalue weighted by Crippen LogP contribution is 2.22. The molecule has 7 nitrogen and oxygen atoms in total. The minimum atomic E-state index is -0.849. The molecule has 1 aromatic rings. The standard InChI is InChI=1S/C18H27N3O4/c1-12-8-13(16(22)23)11-21(10-12)17(24)19-9-14-6-5-7-15(20-14)25-18(2,3)4/h5-7,12-13H,8-11H2,1-4H3,(H,19,24)(H,22,23). The Labute approximate surface area is 148 Å². The molecule has 2 unspecified atom stereocenters. The number of amides is 2. The number of carboxylic acid groups (broad SMARTS) is 1. The summed E-state index contributed by atoms with van der Waals surface area (Å²) in [5, 5.41) is 12.0. The fourth-order valence-corrected chi connectivity index (χ4v) is 2.90. The number of nitrogens with zero attached hydrogens (tertiary/aromatic N) is 2. The summed E-state index contributed by atoms with van der Waals surface area (Å²) in [6.07, 6.45) is 0.604. The monoisotopic (exact) mass is 349 g/mol. The molecule has 25 heavy (non-hydrogen) atoms. The van der Waals surface area contributed by atoms with E-state index in [0.29, 0.717) is 24.5 Å². The zero-order chi connectivity index (χ0) is 18.6. The van der Waals surface area contributed by atoms with Gasteiger partial charge in [-0.05, 0) is 39.2 Å². The summed E-state index contributed by atoms with van der Waals surface area (Å²) in [5.74, 6) is -0.673. The van der Waals surface area contributed by atoms with Crippen molar-refractivity contribution in [3.05, 3.63) is 23.9 Å². The second-order valence-corrected chi connectivity index (χ2v) is 7.62. The van der Waals surface area contributed by atoms with Crippen LogP contribution in [0.15, 0.2) is 18.2 Å². The number of aromatic nitrogens is 1. The highest BCUT2D eigenvalue weighted by Gasteiger charge is 2.31. The Morgan fingerprint density at radius 1 is 1.36 bits per heavy atom. The largest absolute Gasteiger partial charge is 0.481 e. The smallest absolute Gasteiger partial charge is 0.317 e. The van der Waals surface area contributed by atoms with Gasteiger partial charge in [0.25, 0.3) is 0 Å². The molecule has 2 rings (SSSR count). The van der Waals surface area contributed by atoms with Gasteiger partial charge in [-0.1, -0.05) is 13.0 Å². The van der Waals surface area contributed by atoms with Crippen LogP contribution in [0.4, 0.5) is 4.79 Å². The van der Waals surface area contributed by atoms with Crippen LogP contribution in [0.2, 0.25) is 0 Å². The summed E-state index contributed by atoms with van der Waals surface area (Å²) in [4.78, 5) is 29.5. The van der Waals surface area contributed by atoms with Gasteiger partial charge >= 0.3 is 12.0 Å². The average molecular weight is 349 g/mol. The molecule has 1 fully saturated rings. The zero-order valence-electron chi connectivity index (χ0n) is 15.3. The first kappa shape index (κ1) is 19.0. The van der Waals surface area contributed by atoms with E-state index in [0.717, 1.165) is 0 Å². The number of ether oxygens (including phenoxy) is 1. The van der Waals surface area contributed by atoms with Crippen molar-refractivity contribution in [1.29, 1.82) is 0 Å². The number of hydrogen-bond acceptors (Lipinski definition) is 4. The van der Waals surface area contributed by atoms with Gasteiger partial charge in [0.05, 0.1) is 18.2 Å². The maximum atomic E-state index is 12.4. The Morgan fingerprint density at radius 3 is 2.72 bits per heavy atom. The normalized spacial score (nSPS) is 20.9. The van der Waals surface area contributed by atoms with Crippen molar-refractivity contribution in [2.24, 2.45) is 11.8 Å². The molecule has 0 bridgehead atoms. The summed E-state index contributed by atoms with van der Waals surface area (Å²) >= 11 is 0. The molecule has 138 valence electrons. The van der Waals surface area contributed by atoms with Gasteiger partial charge in [0.1, 0.15) is 5.60 Å². The third kappa shape index (κ3) is 5.92. The van der Waals surface area contributed by atoms with Crippen molar-refractivity contribution < 1.29 is 19.4 Å². The first-order valence-electron chi connectivity index (χ1n) is 8.54. The van der Waals surface area contributed by atoms with E-state index in [4.69, 9.17) is 4.74 Å². The van der Waals surface area contributed by atoms with Crippen LogP contribution < -0.4 is 10.1 Å². The van der Waals surface area contributed by atoms with Gasteiger partial charge < -0.3 is 20.1 Å². The van der Waals surface area contributed by atoms with E-state index in [-0.39, 0.29) is 30.6 Å². The molecule has 2 atom stereocenters. The Bertz CT molecular complexity index is 627. The lowest BCUT2D eigenvalue weighted by molar-refractivity contribution is -0.143. The third-order valence-electron chi connectivity index (χ3n) is 3.91. The van der Waals surface area contributed by atoms with Gasteiger partial charge in [0.2, 0.25) is 5.88 Å². The van der Waals surface area contributed by atoms with Gasteiger partial charge in [-0.15, -0.1) is 0 Å². The molecule has 0 saturated carbocycles. The van der Waals surface area contributed by atoms with Crippen molar-refractivity contribution in [3.63, 3.8) is 0 Å². The van der Waals surface area contributed by atoms with Crippen LogP contribution in [0, 0.1) is 11.8 Å². The van der Waals surface area contributed by atoms with Crippen molar-refractivity contribution >= 4 is 12.0 Å². The molecule has 2 heterocycles. The highest BCUT2D eigenvalue weighted by atomic mass is 16.5. The van der Waals surface area contributed by atoms with Gasteiger partial charge in [0, 0.05) is 19.2 Å². The van der Waals surface area contributed by atoms with Crippen molar-refractivity contribution in [3.8, 4) is 5.88 Å². The predicted molar refractivity (Wildman–Crippen MR) is 93.3 cm³/mol. The number of carbonyl (C=O) groups is 2. The van der Waals surface area contributed by atoms with E-state index in [2.05, 4.69) is 10.3 Å². The van der Waals surface area contributed by atoms with Gasteiger partial charge in [-0.2, -0.15) is 0 Å². The van der Waals surface area contributed by atoms with Crippen molar-refractivity contribution in [1.82, 2.24) is 15.2 Å². The maximum absolute atomic E-state index is 12.4. The van der Waals surface area contributed by atoms with Crippen LogP contribution in [-0.2, 0) is 11.3 Å². The molecule has 1 aliphatic heterocycles. The molecule has 7 heteroatoms. The summed E-state index contributed by atoms with van der Waals surface area (Å²) in [6.45, 7) is 8.87. The number of rotatable bonds is 4. The molecule has 1 aromatic heterocycles. The molecule has 2 amide bonds. The number of piperidine rings is 1. The number of hydrogen-bond donors (Lipinski definition) is 2. The SMILES string of the molecule is CC1CC(C(=O)O)CN(C(=O)NCc2cccc(OC(C)(C)C)n2)C1. The van der Waals surface area contributed by atoms with E-state index in [1.54, 1.807) is 11.0 Å². The molecule has 2 N–H and O–H groups in total.